The van der Waals surface area contributed by atoms with E-state index < -0.39 is 0 Å². The Morgan fingerprint density at radius 3 is 2.47 bits per heavy atom. The van der Waals surface area contributed by atoms with Gasteiger partial charge in [-0.2, -0.15) is 5.10 Å². The van der Waals surface area contributed by atoms with Crippen LogP contribution in [0.2, 0.25) is 0 Å². The van der Waals surface area contributed by atoms with Gasteiger partial charge >= 0.3 is 0 Å². The van der Waals surface area contributed by atoms with E-state index >= 15 is 0 Å². The summed E-state index contributed by atoms with van der Waals surface area (Å²) < 4.78 is 1.83. The van der Waals surface area contributed by atoms with Gasteiger partial charge in [0.25, 0.3) is 5.91 Å². The third kappa shape index (κ3) is 3.13. The van der Waals surface area contributed by atoms with E-state index in [2.05, 4.69) is 10.4 Å². The molecule has 1 heterocycles. The molecule has 1 amide bonds. The number of carbonyl (C=O) groups is 1. The number of hydrogen-bond acceptors (Lipinski definition) is 3. The van der Waals surface area contributed by atoms with Gasteiger partial charge in [-0.3, -0.25) is 9.48 Å². The Morgan fingerprint density at radius 1 is 1.26 bits per heavy atom. The maximum atomic E-state index is 11.7. The number of benzene rings is 1. The maximum absolute atomic E-state index is 11.7. The van der Waals surface area contributed by atoms with Crippen molar-refractivity contribution in [2.75, 3.05) is 19.4 Å². The summed E-state index contributed by atoms with van der Waals surface area (Å²) >= 11 is 0. The highest BCUT2D eigenvalue weighted by atomic mass is 16.2. The lowest BCUT2D eigenvalue weighted by Crippen LogP contribution is -2.21. The van der Waals surface area contributed by atoms with E-state index in [9.17, 15) is 4.79 Å². The molecule has 1 aromatic carbocycles. The van der Waals surface area contributed by atoms with Crippen LogP contribution in [-0.2, 0) is 13.6 Å². The SMILES string of the molecule is CN(C)C(=O)c1ccc(NCc2ccnn2C)cc1. The second-order valence-electron chi connectivity index (χ2n) is 4.58. The molecule has 1 N–H and O–H groups in total. The van der Waals surface area contributed by atoms with Crippen LogP contribution in [0, 0.1) is 0 Å². The second-order valence-corrected chi connectivity index (χ2v) is 4.58. The molecule has 0 fully saturated rings. The third-order valence-corrected chi connectivity index (χ3v) is 2.93. The van der Waals surface area contributed by atoms with Crippen LogP contribution in [0.4, 0.5) is 5.69 Å². The van der Waals surface area contributed by atoms with Crippen LogP contribution in [0.25, 0.3) is 0 Å². The Morgan fingerprint density at radius 2 is 1.95 bits per heavy atom. The van der Waals surface area contributed by atoms with Gasteiger partial charge in [-0.25, -0.2) is 0 Å². The Bertz CT molecular complexity index is 557. The van der Waals surface area contributed by atoms with Crippen LogP contribution in [0.15, 0.2) is 36.5 Å². The summed E-state index contributed by atoms with van der Waals surface area (Å²) in [5.74, 6) is 0.0122. The zero-order chi connectivity index (χ0) is 13.8. The van der Waals surface area contributed by atoms with E-state index in [1.807, 2.05) is 42.1 Å². The van der Waals surface area contributed by atoms with Gasteiger partial charge in [-0.05, 0) is 30.3 Å². The molecule has 0 spiro atoms. The van der Waals surface area contributed by atoms with Crippen molar-refractivity contribution in [3.63, 3.8) is 0 Å². The minimum atomic E-state index is 0.0122. The lowest BCUT2D eigenvalue weighted by molar-refractivity contribution is 0.0827. The molecule has 2 rings (SSSR count). The molecule has 0 bridgehead atoms. The van der Waals surface area contributed by atoms with Crippen molar-refractivity contribution in [3.8, 4) is 0 Å². The van der Waals surface area contributed by atoms with Gasteiger partial charge < -0.3 is 10.2 Å². The Labute approximate surface area is 112 Å². The number of nitrogens with one attached hydrogen (secondary N) is 1. The summed E-state index contributed by atoms with van der Waals surface area (Å²) in [6.07, 6.45) is 1.77. The van der Waals surface area contributed by atoms with Crippen LogP contribution >= 0.6 is 0 Å². The smallest absolute Gasteiger partial charge is 0.253 e. The highest BCUT2D eigenvalue weighted by molar-refractivity contribution is 5.94. The Kier molecular flexibility index (Phi) is 3.85. The van der Waals surface area contributed by atoms with Crippen molar-refractivity contribution in [2.45, 2.75) is 6.54 Å². The molecule has 0 aliphatic rings. The minimum Gasteiger partial charge on any atom is -0.379 e. The monoisotopic (exact) mass is 258 g/mol. The van der Waals surface area contributed by atoms with E-state index in [1.165, 1.54) is 0 Å². The van der Waals surface area contributed by atoms with Crippen molar-refractivity contribution >= 4 is 11.6 Å². The maximum Gasteiger partial charge on any atom is 0.253 e. The highest BCUT2D eigenvalue weighted by Crippen LogP contribution is 2.12. The number of aromatic nitrogens is 2. The molecule has 0 radical (unpaired) electrons. The van der Waals surface area contributed by atoms with Crippen LogP contribution in [0.1, 0.15) is 16.1 Å². The number of nitrogens with zero attached hydrogens (tertiary/aromatic N) is 3. The van der Waals surface area contributed by atoms with Crippen LogP contribution in [-0.4, -0.2) is 34.7 Å². The normalized spacial score (nSPS) is 10.3. The molecule has 19 heavy (non-hydrogen) atoms. The number of carbonyl (C=O) groups excluding carboxylic acids is 1. The first kappa shape index (κ1) is 13.1. The predicted molar refractivity (Wildman–Crippen MR) is 75.0 cm³/mol. The molecule has 0 saturated carbocycles. The van der Waals surface area contributed by atoms with E-state index in [-0.39, 0.29) is 5.91 Å². The van der Waals surface area contributed by atoms with Gasteiger partial charge in [0.05, 0.1) is 12.2 Å². The van der Waals surface area contributed by atoms with E-state index in [1.54, 1.807) is 25.2 Å². The van der Waals surface area contributed by atoms with Crippen LogP contribution in [0.3, 0.4) is 0 Å². The van der Waals surface area contributed by atoms with Gasteiger partial charge in [0.15, 0.2) is 0 Å². The third-order valence-electron chi connectivity index (χ3n) is 2.93. The quantitative estimate of drug-likeness (QED) is 0.908. The van der Waals surface area contributed by atoms with Crippen molar-refractivity contribution < 1.29 is 4.79 Å². The van der Waals surface area contributed by atoms with Crippen LogP contribution < -0.4 is 5.32 Å². The van der Waals surface area contributed by atoms with Crippen molar-refractivity contribution in [2.24, 2.45) is 7.05 Å². The second kappa shape index (κ2) is 5.56. The van der Waals surface area contributed by atoms with Gasteiger partial charge in [0.1, 0.15) is 0 Å². The average molecular weight is 258 g/mol. The number of anilines is 1. The molecular formula is C14H18N4O. The van der Waals surface area contributed by atoms with E-state index in [0.717, 1.165) is 11.4 Å². The summed E-state index contributed by atoms with van der Waals surface area (Å²) in [4.78, 5) is 13.3. The molecule has 5 heteroatoms. The fraction of sp³-hybridized carbons (Fsp3) is 0.286. The summed E-state index contributed by atoms with van der Waals surface area (Å²) in [5, 5.41) is 7.41. The van der Waals surface area contributed by atoms with E-state index in [0.29, 0.717) is 12.1 Å². The Hall–Kier alpha value is -2.30. The van der Waals surface area contributed by atoms with Gasteiger partial charge in [-0.15, -0.1) is 0 Å². The van der Waals surface area contributed by atoms with Gasteiger partial charge in [-0.1, -0.05) is 0 Å². The summed E-state index contributed by atoms with van der Waals surface area (Å²) in [6, 6.07) is 9.44. The number of hydrogen-bond donors (Lipinski definition) is 1. The zero-order valence-electron chi connectivity index (χ0n) is 11.4. The average Bonchev–Trinajstić information content (AvgIpc) is 2.81. The molecule has 0 saturated heterocycles. The van der Waals surface area contributed by atoms with Crippen molar-refractivity contribution in [3.05, 3.63) is 47.8 Å². The fourth-order valence-electron chi connectivity index (χ4n) is 1.76. The van der Waals surface area contributed by atoms with Crippen molar-refractivity contribution in [1.29, 1.82) is 0 Å². The van der Waals surface area contributed by atoms with Crippen LogP contribution in [0.5, 0.6) is 0 Å². The molecule has 2 aromatic rings. The molecule has 0 unspecified atom stereocenters. The van der Waals surface area contributed by atoms with Gasteiger partial charge in [0.2, 0.25) is 0 Å². The largest absolute Gasteiger partial charge is 0.379 e. The number of aryl methyl sites for hydroxylation is 1. The summed E-state index contributed by atoms with van der Waals surface area (Å²) in [6.45, 7) is 0.706. The predicted octanol–water partition coefficient (Wildman–Crippen LogP) is 1.73. The number of amides is 1. The first-order valence-electron chi connectivity index (χ1n) is 6.10. The number of rotatable bonds is 4. The summed E-state index contributed by atoms with van der Waals surface area (Å²) in [7, 11) is 5.41. The first-order chi connectivity index (χ1) is 9.08. The standard InChI is InChI=1S/C14H18N4O/c1-17(2)14(19)11-4-6-12(7-5-11)15-10-13-8-9-16-18(13)3/h4-9,15H,10H2,1-3H3. The van der Waals surface area contributed by atoms with E-state index in [4.69, 9.17) is 0 Å². The zero-order valence-corrected chi connectivity index (χ0v) is 11.4. The lowest BCUT2D eigenvalue weighted by atomic mass is 10.2. The topological polar surface area (TPSA) is 50.2 Å². The molecule has 0 aliphatic carbocycles. The molecule has 100 valence electrons. The fourth-order valence-corrected chi connectivity index (χ4v) is 1.76. The molecule has 5 nitrogen and oxygen atoms in total. The minimum absolute atomic E-state index is 0.0122. The first-order valence-corrected chi connectivity index (χ1v) is 6.10. The molecule has 0 atom stereocenters. The molecular weight excluding hydrogens is 240 g/mol. The van der Waals surface area contributed by atoms with Crippen molar-refractivity contribution in [1.82, 2.24) is 14.7 Å². The van der Waals surface area contributed by atoms with Gasteiger partial charge in [0, 0.05) is 38.6 Å². The summed E-state index contributed by atoms with van der Waals surface area (Å²) in [5.41, 5.74) is 2.78. The highest BCUT2D eigenvalue weighted by Gasteiger charge is 2.07. The molecule has 1 aromatic heterocycles. The lowest BCUT2D eigenvalue weighted by Gasteiger charge is -2.11. The molecule has 0 aliphatic heterocycles. The Balaban J connectivity index is 1.99.